The summed E-state index contributed by atoms with van der Waals surface area (Å²) in [7, 11) is 0. The van der Waals surface area contributed by atoms with Gasteiger partial charge in [-0.1, -0.05) is 94.3 Å². The molecule has 4 rings (SSSR count). The molecule has 0 fully saturated rings. The van der Waals surface area contributed by atoms with E-state index in [0.717, 1.165) is 60.2 Å². The van der Waals surface area contributed by atoms with Gasteiger partial charge < -0.3 is 4.57 Å². The maximum atomic E-state index is 5.91. The molecule has 2 aromatic carbocycles. The van der Waals surface area contributed by atoms with Crippen molar-refractivity contribution in [3.63, 3.8) is 0 Å². The van der Waals surface area contributed by atoms with Crippen LogP contribution in [0.25, 0.3) is 22.5 Å². The first-order valence-electron chi connectivity index (χ1n) is 13.0. The Hall–Kier alpha value is -3.83. The van der Waals surface area contributed by atoms with Gasteiger partial charge in [0.15, 0.2) is 0 Å². The predicted octanol–water partition coefficient (Wildman–Crippen LogP) is 8.32. The quantitative estimate of drug-likeness (QED) is 0.212. The van der Waals surface area contributed by atoms with Crippen LogP contribution in [0.5, 0.6) is 0 Å². The summed E-state index contributed by atoms with van der Waals surface area (Å²) in [4.78, 5) is 4.85. The van der Waals surface area contributed by atoms with Crippen molar-refractivity contribution in [3.05, 3.63) is 114 Å². The Morgan fingerprint density at radius 2 is 1.75 bits per heavy atom. The van der Waals surface area contributed by atoms with Gasteiger partial charge in [-0.15, -0.1) is 6.42 Å². The molecule has 36 heavy (non-hydrogen) atoms. The third-order valence-electron chi connectivity index (χ3n) is 6.59. The number of nitrogens with zero attached hydrogens (tertiary/aromatic N) is 2. The number of allylic oxidation sites excluding steroid dienone is 1. The molecular weight excluding hydrogens is 436 g/mol. The molecule has 2 heterocycles. The molecule has 0 saturated heterocycles. The number of aromatic nitrogens is 2. The Morgan fingerprint density at radius 1 is 1.00 bits per heavy atom. The molecule has 0 amide bonds. The van der Waals surface area contributed by atoms with Gasteiger partial charge in [0.25, 0.3) is 0 Å². The predicted molar refractivity (Wildman–Crippen MR) is 153 cm³/mol. The smallest absolute Gasteiger partial charge is 0.137 e. The first-order valence-corrected chi connectivity index (χ1v) is 13.0. The molecule has 0 N–H and O–H groups in total. The molecule has 2 aromatic heterocycles. The van der Waals surface area contributed by atoms with E-state index in [0.29, 0.717) is 5.92 Å². The van der Waals surface area contributed by atoms with E-state index in [4.69, 9.17) is 11.4 Å². The monoisotopic (exact) mass is 472 g/mol. The van der Waals surface area contributed by atoms with Crippen LogP contribution >= 0.6 is 0 Å². The lowest BCUT2D eigenvalue weighted by Crippen LogP contribution is -2.02. The highest BCUT2D eigenvalue weighted by Crippen LogP contribution is 2.29. The van der Waals surface area contributed by atoms with Gasteiger partial charge in [-0.3, -0.25) is 0 Å². The molecule has 0 saturated carbocycles. The van der Waals surface area contributed by atoms with Gasteiger partial charge >= 0.3 is 0 Å². The zero-order valence-electron chi connectivity index (χ0n) is 21.8. The molecule has 0 aliphatic carbocycles. The molecule has 2 nitrogen and oxygen atoms in total. The topological polar surface area (TPSA) is 17.8 Å². The van der Waals surface area contributed by atoms with Crippen molar-refractivity contribution in [2.24, 2.45) is 5.92 Å². The van der Waals surface area contributed by atoms with E-state index in [1.54, 1.807) is 0 Å². The summed E-state index contributed by atoms with van der Waals surface area (Å²) < 4.78 is 2.05. The standard InChI is InChI=1S/C34H36N2/c1-6-11-26(5)32-21-34(35-22-31(32)19-14-27-12-9-8-10-13-27)36-23-29(7-2)33(24-36)30-17-15-28(16-18-30)20-25(3)4/h2,8-10,12-13,15-18,21-25H,5-6,11,14,19-20H2,1,3-4H3. The van der Waals surface area contributed by atoms with E-state index >= 15 is 0 Å². The van der Waals surface area contributed by atoms with Crippen LogP contribution in [-0.2, 0) is 19.3 Å². The van der Waals surface area contributed by atoms with Crippen LogP contribution in [0.15, 0.2) is 85.8 Å². The number of rotatable bonds is 10. The lowest BCUT2D eigenvalue weighted by molar-refractivity contribution is 0.647. The molecule has 0 aliphatic rings. The van der Waals surface area contributed by atoms with E-state index in [2.05, 4.69) is 105 Å². The third-order valence-corrected chi connectivity index (χ3v) is 6.59. The zero-order chi connectivity index (χ0) is 25.5. The number of aryl methyl sites for hydroxylation is 2. The largest absolute Gasteiger partial charge is 0.307 e. The first kappa shape index (κ1) is 25.3. The Morgan fingerprint density at radius 3 is 2.42 bits per heavy atom. The fourth-order valence-corrected chi connectivity index (χ4v) is 4.73. The summed E-state index contributed by atoms with van der Waals surface area (Å²) in [5.41, 5.74) is 9.34. The Kier molecular flexibility index (Phi) is 8.24. The highest BCUT2D eigenvalue weighted by Gasteiger charge is 2.13. The van der Waals surface area contributed by atoms with Gasteiger partial charge in [0, 0.05) is 24.2 Å². The number of benzene rings is 2. The Bertz CT molecular complexity index is 1350. The minimum Gasteiger partial charge on any atom is -0.307 e. The van der Waals surface area contributed by atoms with E-state index in [1.165, 1.54) is 22.3 Å². The summed E-state index contributed by atoms with van der Waals surface area (Å²) in [6.07, 6.45) is 17.1. The molecule has 4 aromatic rings. The maximum absolute atomic E-state index is 5.91. The molecule has 0 atom stereocenters. The summed E-state index contributed by atoms with van der Waals surface area (Å²) in [6.45, 7) is 11.1. The summed E-state index contributed by atoms with van der Waals surface area (Å²) >= 11 is 0. The lowest BCUT2D eigenvalue weighted by atomic mass is 9.95. The van der Waals surface area contributed by atoms with Crippen molar-refractivity contribution in [2.45, 2.75) is 52.9 Å². The lowest BCUT2D eigenvalue weighted by Gasteiger charge is -2.14. The van der Waals surface area contributed by atoms with Crippen molar-refractivity contribution in [1.29, 1.82) is 0 Å². The van der Waals surface area contributed by atoms with E-state index in [9.17, 15) is 0 Å². The van der Waals surface area contributed by atoms with Crippen molar-refractivity contribution < 1.29 is 0 Å². The van der Waals surface area contributed by atoms with Gasteiger partial charge in [0.05, 0.1) is 5.56 Å². The molecule has 0 aliphatic heterocycles. The molecular formula is C34H36N2. The number of pyridine rings is 1. The van der Waals surface area contributed by atoms with Crippen LogP contribution < -0.4 is 0 Å². The SMILES string of the molecule is C#Cc1cn(-c2cc(C(=C)CCC)c(CCc3ccccc3)cn2)cc1-c1ccc(CC(C)C)cc1. The van der Waals surface area contributed by atoms with Crippen molar-refractivity contribution in [2.75, 3.05) is 0 Å². The zero-order valence-corrected chi connectivity index (χ0v) is 21.8. The second-order valence-electron chi connectivity index (χ2n) is 9.97. The fraction of sp³-hybridized carbons (Fsp3) is 0.265. The average Bonchev–Trinajstić information content (AvgIpc) is 3.33. The van der Waals surface area contributed by atoms with Gasteiger partial charge in [-0.2, -0.15) is 0 Å². The number of terminal acetylenes is 1. The van der Waals surface area contributed by atoms with Crippen LogP contribution in [0.4, 0.5) is 0 Å². The number of hydrogen-bond acceptors (Lipinski definition) is 1. The van der Waals surface area contributed by atoms with Crippen molar-refractivity contribution in [3.8, 4) is 29.3 Å². The Labute approximate surface area is 216 Å². The molecule has 2 heteroatoms. The third kappa shape index (κ3) is 6.04. The molecule has 0 bridgehead atoms. The van der Waals surface area contributed by atoms with Gasteiger partial charge in [-0.25, -0.2) is 4.98 Å². The second kappa shape index (κ2) is 11.7. The summed E-state index contributed by atoms with van der Waals surface area (Å²) in [6, 6.07) is 21.5. The molecule has 0 radical (unpaired) electrons. The van der Waals surface area contributed by atoms with Gasteiger partial charge in [-0.05, 0) is 71.1 Å². The molecule has 0 unspecified atom stereocenters. The highest BCUT2D eigenvalue weighted by atomic mass is 15.0. The van der Waals surface area contributed by atoms with Gasteiger partial charge in [0.1, 0.15) is 5.82 Å². The highest BCUT2D eigenvalue weighted by molar-refractivity contribution is 5.72. The van der Waals surface area contributed by atoms with Crippen LogP contribution in [-0.4, -0.2) is 9.55 Å². The average molecular weight is 473 g/mol. The van der Waals surface area contributed by atoms with E-state index < -0.39 is 0 Å². The van der Waals surface area contributed by atoms with E-state index in [-0.39, 0.29) is 0 Å². The fourth-order valence-electron chi connectivity index (χ4n) is 4.73. The number of hydrogen-bond donors (Lipinski definition) is 0. The minimum absolute atomic E-state index is 0.636. The van der Waals surface area contributed by atoms with Crippen LogP contribution in [0, 0.1) is 18.3 Å². The van der Waals surface area contributed by atoms with Gasteiger partial charge in [0.2, 0.25) is 0 Å². The molecule has 0 spiro atoms. The first-order chi connectivity index (χ1) is 17.5. The van der Waals surface area contributed by atoms with Crippen molar-refractivity contribution >= 4 is 5.57 Å². The Balaban J connectivity index is 1.65. The van der Waals surface area contributed by atoms with E-state index in [1.807, 2.05) is 12.4 Å². The summed E-state index contributed by atoms with van der Waals surface area (Å²) in [5.74, 6) is 4.37. The second-order valence-corrected chi connectivity index (χ2v) is 9.97. The molecule has 182 valence electrons. The normalized spacial score (nSPS) is 11.0. The minimum atomic E-state index is 0.636. The summed E-state index contributed by atoms with van der Waals surface area (Å²) in [5, 5.41) is 0. The van der Waals surface area contributed by atoms with Crippen LogP contribution in [0.1, 0.15) is 61.4 Å². The van der Waals surface area contributed by atoms with Crippen LogP contribution in [0.2, 0.25) is 0 Å². The van der Waals surface area contributed by atoms with Crippen molar-refractivity contribution in [1.82, 2.24) is 9.55 Å². The maximum Gasteiger partial charge on any atom is 0.137 e. The van der Waals surface area contributed by atoms with Crippen LogP contribution in [0.3, 0.4) is 0 Å².